The molecule has 0 heterocycles. The summed E-state index contributed by atoms with van der Waals surface area (Å²) in [5.74, 6) is -0.585. The van der Waals surface area contributed by atoms with Crippen molar-refractivity contribution in [3.63, 3.8) is 0 Å². The van der Waals surface area contributed by atoms with E-state index in [0.717, 1.165) is 38.5 Å². The molecule has 272 valence electrons. The zero-order valence-electron chi connectivity index (χ0n) is 30.9. The second-order valence-corrected chi connectivity index (χ2v) is 13.7. The average Bonchev–Trinajstić information content (AvgIpc) is 3.06. The van der Waals surface area contributed by atoms with Gasteiger partial charge in [0.2, 0.25) is 0 Å². The lowest BCUT2D eigenvalue weighted by Gasteiger charge is -2.15. The Morgan fingerprint density at radius 1 is 0.478 bits per heavy atom. The van der Waals surface area contributed by atoms with Gasteiger partial charge in [0.05, 0.1) is 6.61 Å². The molecule has 0 saturated heterocycles. The second-order valence-electron chi connectivity index (χ2n) is 13.7. The lowest BCUT2D eigenvalue weighted by Crippen LogP contribution is -2.28. The fourth-order valence-corrected chi connectivity index (χ4v) is 5.96. The number of carbonyl (C=O) groups excluding carboxylic acids is 2. The number of aliphatic hydroxyl groups excluding tert-OH is 1. The molecule has 46 heavy (non-hydrogen) atoms. The Morgan fingerprint density at radius 3 is 1.17 bits per heavy atom. The quantitative estimate of drug-likeness (QED) is 0.0411. The molecule has 1 atom stereocenters. The Balaban J connectivity index is 3.46. The second kappa shape index (κ2) is 38.1. The van der Waals surface area contributed by atoms with Crippen molar-refractivity contribution in [2.45, 2.75) is 225 Å². The number of hydrogen-bond donors (Lipinski definition) is 1. The van der Waals surface area contributed by atoms with Crippen LogP contribution >= 0.6 is 0 Å². The molecule has 0 aromatic carbocycles. The summed E-state index contributed by atoms with van der Waals surface area (Å²) in [5, 5.41) is 9.52. The van der Waals surface area contributed by atoms with Gasteiger partial charge in [-0.15, -0.1) is 0 Å². The number of hydrogen-bond acceptors (Lipinski definition) is 5. The van der Waals surface area contributed by atoms with Crippen LogP contribution in [-0.4, -0.2) is 36.4 Å². The number of unbranched alkanes of at least 4 members (excludes halogenated alkanes) is 27. The van der Waals surface area contributed by atoms with Crippen molar-refractivity contribution in [1.29, 1.82) is 0 Å². The van der Waals surface area contributed by atoms with Crippen LogP contribution in [0, 0.1) is 0 Å². The van der Waals surface area contributed by atoms with E-state index in [0.29, 0.717) is 12.8 Å². The summed E-state index contributed by atoms with van der Waals surface area (Å²) in [7, 11) is 0. The van der Waals surface area contributed by atoms with Gasteiger partial charge < -0.3 is 14.6 Å². The molecule has 5 heteroatoms. The van der Waals surface area contributed by atoms with Crippen molar-refractivity contribution < 1.29 is 24.2 Å². The SMILES string of the molecule is CCCCCCCCCC/C=C\CCCCCCCCCCCCCC(=O)OC(CO)COC(=O)CCCCCCCCCCC. The topological polar surface area (TPSA) is 72.8 Å². The molecule has 1 unspecified atom stereocenters. The Labute approximate surface area is 286 Å². The van der Waals surface area contributed by atoms with Crippen molar-refractivity contribution in [2.24, 2.45) is 0 Å². The summed E-state index contributed by atoms with van der Waals surface area (Å²) in [6.45, 7) is 4.13. The molecule has 1 N–H and O–H groups in total. The molecule has 0 amide bonds. The first kappa shape index (κ1) is 44.6. The van der Waals surface area contributed by atoms with Gasteiger partial charge in [0.1, 0.15) is 6.61 Å². The van der Waals surface area contributed by atoms with Gasteiger partial charge in [-0.25, -0.2) is 0 Å². The largest absolute Gasteiger partial charge is 0.462 e. The summed E-state index contributed by atoms with van der Waals surface area (Å²) in [6, 6.07) is 0. The number of esters is 2. The van der Waals surface area contributed by atoms with Crippen LogP contribution in [0.25, 0.3) is 0 Å². The average molecular weight is 651 g/mol. The van der Waals surface area contributed by atoms with Crippen LogP contribution in [0.3, 0.4) is 0 Å². The Kier molecular flexibility index (Phi) is 37.0. The smallest absolute Gasteiger partial charge is 0.306 e. The van der Waals surface area contributed by atoms with Gasteiger partial charge in [-0.3, -0.25) is 9.59 Å². The highest BCUT2D eigenvalue weighted by atomic mass is 16.6. The third-order valence-corrected chi connectivity index (χ3v) is 9.06. The summed E-state index contributed by atoms with van der Waals surface area (Å²) >= 11 is 0. The van der Waals surface area contributed by atoms with Crippen LogP contribution in [0.15, 0.2) is 12.2 Å². The summed E-state index contributed by atoms with van der Waals surface area (Å²) in [4.78, 5) is 24.1. The molecule has 0 saturated carbocycles. The normalized spacial score (nSPS) is 12.2. The molecule has 0 aliphatic carbocycles. The molecule has 0 aliphatic rings. The molecule has 0 aromatic heterocycles. The van der Waals surface area contributed by atoms with Gasteiger partial charge in [-0.1, -0.05) is 180 Å². The first-order chi connectivity index (χ1) is 22.6. The minimum absolute atomic E-state index is 0.0606. The van der Waals surface area contributed by atoms with Crippen molar-refractivity contribution in [1.82, 2.24) is 0 Å². The maximum Gasteiger partial charge on any atom is 0.306 e. The fraction of sp³-hybridized carbons (Fsp3) is 0.902. The van der Waals surface area contributed by atoms with Crippen molar-refractivity contribution in [3.8, 4) is 0 Å². The van der Waals surface area contributed by atoms with Crippen LogP contribution in [0.5, 0.6) is 0 Å². The van der Waals surface area contributed by atoms with Crippen molar-refractivity contribution >= 4 is 11.9 Å². The molecule has 0 aromatic rings. The maximum absolute atomic E-state index is 12.2. The summed E-state index contributed by atoms with van der Waals surface area (Å²) in [6.07, 6.45) is 42.9. The molecular weight excluding hydrogens is 572 g/mol. The Bertz CT molecular complexity index is 661. The van der Waals surface area contributed by atoms with Crippen LogP contribution in [0.2, 0.25) is 0 Å². The number of aliphatic hydroxyl groups is 1. The predicted octanol–water partition coefficient (Wildman–Crippen LogP) is 12.5. The number of carbonyl (C=O) groups is 2. The van der Waals surface area contributed by atoms with Crippen LogP contribution < -0.4 is 0 Å². The molecule has 0 spiro atoms. The van der Waals surface area contributed by atoms with Gasteiger partial charge in [-0.2, -0.15) is 0 Å². The van der Waals surface area contributed by atoms with E-state index in [-0.39, 0.29) is 25.2 Å². The van der Waals surface area contributed by atoms with Gasteiger partial charge in [0.15, 0.2) is 6.10 Å². The van der Waals surface area contributed by atoms with Crippen LogP contribution in [-0.2, 0) is 19.1 Å². The lowest BCUT2D eigenvalue weighted by atomic mass is 10.0. The van der Waals surface area contributed by atoms with Gasteiger partial charge in [0, 0.05) is 12.8 Å². The van der Waals surface area contributed by atoms with Crippen molar-refractivity contribution in [2.75, 3.05) is 13.2 Å². The van der Waals surface area contributed by atoms with E-state index in [4.69, 9.17) is 9.47 Å². The summed E-state index contributed by atoms with van der Waals surface area (Å²) < 4.78 is 10.6. The van der Waals surface area contributed by atoms with E-state index < -0.39 is 6.10 Å². The van der Waals surface area contributed by atoms with E-state index in [1.54, 1.807) is 0 Å². The third-order valence-electron chi connectivity index (χ3n) is 9.06. The van der Waals surface area contributed by atoms with Gasteiger partial charge in [-0.05, 0) is 38.5 Å². The minimum Gasteiger partial charge on any atom is -0.462 e. The standard InChI is InChI=1S/C41H78O5/c1-3-5-7-9-11-13-14-15-16-17-18-19-20-21-22-23-24-25-26-28-30-32-34-36-41(44)46-39(37-42)38-45-40(43)35-33-31-29-27-12-10-8-6-4-2/h17-18,39,42H,3-16,19-38H2,1-2H3/b18-17-. The van der Waals surface area contributed by atoms with E-state index in [9.17, 15) is 14.7 Å². The zero-order valence-corrected chi connectivity index (χ0v) is 30.9. The fourth-order valence-electron chi connectivity index (χ4n) is 5.96. The van der Waals surface area contributed by atoms with E-state index >= 15 is 0 Å². The van der Waals surface area contributed by atoms with E-state index in [1.165, 1.54) is 154 Å². The maximum atomic E-state index is 12.2. The highest BCUT2D eigenvalue weighted by Gasteiger charge is 2.16. The first-order valence-corrected chi connectivity index (χ1v) is 20.2. The number of allylic oxidation sites excluding steroid dienone is 2. The predicted molar refractivity (Wildman–Crippen MR) is 196 cm³/mol. The minimum atomic E-state index is -0.763. The molecule has 0 aliphatic heterocycles. The Morgan fingerprint density at radius 2 is 0.804 bits per heavy atom. The highest BCUT2D eigenvalue weighted by Crippen LogP contribution is 2.15. The molecule has 0 fully saturated rings. The van der Waals surface area contributed by atoms with Crippen LogP contribution in [0.4, 0.5) is 0 Å². The third kappa shape index (κ3) is 35.5. The molecule has 0 radical (unpaired) electrons. The monoisotopic (exact) mass is 651 g/mol. The number of ether oxygens (including phenoxy) is 2. The summed E-state index contributed by atoms with van der Waals surface area (Å²) in [5.41, 5.74) is 0. The van der Waals surface area contributed by atoms with Gasteiger partial charge >= 0.3 is 11.9 Å². The molecule has 0 rings (SSSR count). The van der Waals surface area contributed by atoms with E-state index in [1.807, 2.05) is 0 Å². The van der Waals surface area contributed by atoms with Crippen LogP contribution in [0.1, 0.15) is 219 Å². The molecule has 0 bridgehead atoms. The molecular formula is C41H78O5. The zero-order chi connectivity index (χ0) is 33.6. The molecule has 5 nitrogen and oxygen atoms in total. The number of rotatable bonds is 37. The van der Waals surface area contributed by atoms with Crippen molar-refractivity contribution in [3.05, 3.63) is 12.2 Å². The first-order valence-electron chi connectivity index (χ1n) is 20.2. The highest BCUT2D eigenvalue weighted by molar-refractivity contribution is 5.70. The van der Waals surface area contributed by atoms with Gasteiger partial charge in [0.25, 0.3) is 0 Å². The van der Waals surface area contributed by atoms with E-state index in [2.05, 4.69) is 26.0 Å². The lowest BCUT2D eigenvalue weighted by molar-refractivity contribution is -0.161. The Hall–Kier alpha value is -1.36.